The second-order valence-electron chi connectivity index (χ2n) is 3.40. The molecule has 0 aliphatic carbocycles. The van der Waals surface area contributed by atoms with Gasteiger partial charge >= 0.3 is 6.36 Å². The number of aromatic nitrogens is 3. The summed E-state index contributed by atoms with van der Waals surface area (Å²) < 4.78 is 41.5. The SMILES string of the molecule is Cc1nnc(Cl)n1-c1cccc(OC(F)(F)F)c1. The lowest BCUT2D eigenvalue weighted by molar-refractivity contribution is -0.274. The normalized spacial score (nSPS) is 11.6. The molecule has 0 spiro atoms. The molecule has 1 heterocycles. The summed E-state index contributed by atoms with van der Waals surface area (Å²) in [4.78, 5) is 0. The molecule has 0 radical (unpaired) electrons. The maximum Gasteiger partial charge on any atom is 0.573 e. The minimum Gasteiger partial charge on any atom is -0.406 e. The van der Waals surface area contributed by atoms with Crippen molar-refractivity contribution in [3.63, 3.8) is 0 Å². The first-order valence-electron chi connectivity index (χ1n) is 4.80. The molecule has 18 heavy (non-hydrogen) atoms. The molecule has 4 nitrogen and oxygen atoms in total. The van der Waals surface area contributed by atoms with Crippen LogP contribution in [0.2, 0.25) is 5.28 Å². The molecule has 96 valence electrons. The lowest BCUT2D eigenvalue weighted by Crippen LogP contribution is -2.17. The number of benzene rings is 1. The van der Waals surface area contributed by atoms with E-state index in [4.69, 9.17) is 11.6 Å². The quantitative estimate of drug-likeness (QED) is 0.847. The van der Waals surface area contributed by atoms with Crippen LogP contribution in [0.3, 0.4) is 0 Å². The monoisotopic (exact) mass is 277 g/mol. The third-order valence-corrected chi connectivity index (χ3v) is 2.34. The van der Waals surface area contributed by atoms with Crippen LogP contribution in [0, 0.1) is 6.92 Å². The summed E-state index contributed by atoms with van der Waals surface area (Å²) >= 11 is 5.79. The van der Waals surface area contributed by atoms with Crippen molar-refractivity contribution >= 4 is 11.6 Å². The van der Waals surface area contributed by atoms with Gasteiger partial charge in [-0.3, -0.25) is 4.57 Å². The Kier molecular flexibility index (Phi) is 3.16. The van der Waals surface area contributed by atoms with Gasteiger partial charge in [0.2, 0.25) is 5.28 Å². The third kappa shape index (κ3) is 2.73. The fraction of sp³-hybridized carbons (Fsp3) is 0.200. The Morgan fingerprint density at radius 3 is 2.56 bits per heavy atom. The molecule has 1 aromatic heterocycles. The molecule has 0 amide bonds. The van der Waals surface area contributed by atoms with Gasteiger partial charge < -0.3 is 4.74 Å². The lowest BCUT2D eigenvalue weighted by Gasteiger charge is -2.11. The zero-order valence-electron chi connectivity index (χ0n) is 9.07. The first-order valence-corrected chi connectivity index (χ1v) is 5.18. The highest BCUT2D eigenvalue weighted by atomic mass is 35.5. The van der Waals surface area contributed by atoms with E-state index in [0.717, 1.165) is 0 Å². The largest absolute Gasteiger partial charge is 0.573 e. The molecule has 0 atom stereocenters. The van der Waals surface area contributed by atoms with Gasteiger partial charge in [-0.1, -0.05) is 6.07 Å². The van der Waals surface area contributed by atoms with Gasteiger partial charge in [0.1, 0.15) is 11.6 Å². The Labute approximate surface area is 105 Å². The Morgan fingerprint density at radius 1 is 1.28 bits per heavy atom. The van der Waals surface area contributed by atoms with Crippen LogP contribution in [-0.4, -0.2) is 21.1 Å². The van der Waals surface area contributed by atoms with Crippen LogP contribution in [0.25, 0.3) is 5.69 Å². The second kappa shape index (κ2) is 4.49. The number of hydrogen-bond donors (Lipinski definition) is 0. The topological polar surface area (TPSA) is 39.9 Å². The summed E-state index contributed by atoms with van der Waals surface area (Å²) in [7, 11) is 0. The highest BCUT2D eigenvalue weighted by molar-refractivity contribution is 6.28. The Bertz CT molecular complexity index is 548. The average molecular weight is 278 g/mol. The summed E-state index contributed by atoms with van der Waals surface area (Å²) in [5.74, 6) is 0.133. The molecular weight excluding hydrogens is 271 g/mol. The molecule has 0 N–H and O–H groups in total. The van der Waals surface area contributed by atoms with Crippen LogP contribution >= 0.6 is 11.6 Å². The molecule has 0 saturated heterocycles. The Hall–Kier alpha value is -1.76. The predicted octanol–water partition coefficient (Wildman–Crippen LogP) is 3.13. The van der Waals surface area contributed by atoms with E-state index in [1.165, 1.54) is 22.8 Å². The molecule has 2 aromatic rings. The molecule has 0 aliphatic heterocycles. The van der Waals surface area contributed by atoms with Crippen molar-refractivity contribution in [3.05, 3.63) is 35.4 Å². The van der Waals surface area contributed by atoms with Crippen LogP contribution in [0.1, 0.15) is 5.82 Å². The highest BCUT2D eigenvalue weighted by Gasteiger charge is 2.31. The zero-order chi connectivity index (χ0) is 13.3. The maximum atomic E-state index is 12.1. The van der Waals surface area contributed by atoms with Crippen molar-refractivity contribution in [2.24, 2.45) is 0 Å². The van der Waals surface area contributed by atoms with E-state index in [-0.39, 0.29) is 11.0 Å². The van der Waals surface area contributed by atoms with Crippen molar-refractivity contribution in [1.82, 2.24) is 14.8 Å². The van der Waals surface area contributed by atoms with Crippen molar-refractivity contribution in [2.75, 3.05) is 0 Å². The van der Waals surface area contributed by atoms with Gasteiger partial charge in [-0.2, -0.15) is 0 Å². The standard InChI is InChI=1S/C10H7ClF3N3O/c1-6-15-16-9(11)17(6)7-3-2-4-8(5-7)18-10(12,13)14/h2-5H,1H3. The van der Waals surface area contributed by atoms with Crippen LogP contribution < -0.4 is 4.74 Å². The predicted molar refractivity (Wildman–Crippen MR) is 57.8 cm³/mol. The van der Waals surface area contributed by atoms with Crippen LogP contribution in [0.15, 0.2) is 24.3 Å². The van der Waals surface area contributed by atoms with Gasteiger partial charge in [-0.05, 0) is 30.7 Å². The number of nitrogens with zero attached hydrogens (tertiary/aromatic N) is 3. The van der Waals surface area contributed by atoms with Gasteiger partial charge in [-0.15, -0.1) is 23.4 Å². The third-order valence-electron chi connectivity index (χ3n) is 2.09. The van der Waals surface area contributed by atoms with Gasteiger partial charge in [-0.25, -0.2) is 0 Å². The Balaban J connectivity index is 2.39. The average Bonchev–Trinajstić information content (AvgIpc) is 2.56. The zero-order valence-corrected chi connectivity index (χ0v) is 9.83. The molecular formula is C10H7ClF3N3O. The second-order valence-corrected chi connectivity index (χ2v) is 3.73. The fourth-order valence-corrected chi connectivity index (χ4v) is 1.71. The molecule has 0 bridgehead atoms. The molecule has 8 heteroatoms. The van der Waals surface area contributed by atoms with Crippen molar-refractivity contribution in [3.8, 4) is 11.4 Å². The van der Waals surface area contributed by atoms with E-state index >= 15 is 0 Å². The Morgan fingerprint density at radius 2 is 2.00 bits per heavy atom. The summed E-state index contributed by atoms with van der Waals surface area (Å²) in [6, 6.07) is 5.40. The molecule has 2 rings (SSSR count). The number of rotatable bonds is 2. The van der Waals surface area contributed by atoms with E-state index in [1.54, 1.807) is 13.0 Å². The number of alkyl halides is 3. The van der Waals surface area contributed by atoms with E-state index < -0.39 is 6.36 Å². The van der Waals surface area contributed by atoms with Crippen molar-refractivity contribution in [2.45, 2.75) is 13.3 Å². The molecule has 0 saturated carbocycles. The van der Waals surface area contributed by atoms with Crippen LogP contribution in [-0.2, 0) is 0 Å². The number of ether oxygens (including phenoxy) is 1. The van der Waals surface area contributed by atoms with Crippen LogP contribution in [0.5, 0.6) is 5.75 Å². The first-order chi connectivity index (χ1) is 8.37. The minimum atomic E-state index is -4.73. The van der Waals surface area contributed by atoms with Crippen molar-refractivity contribution < 1.29 is 17.9 Å². The molecule has 0 unspecified atom stereocenters. The number of halogens is 4. The smallest absolute Gasteiger partial charge is 0.406 e. The lowest BCUT2D eigenvalue weighted by atomic mass is 10.3. The highest BCUT2D eigenvalue weighted by Crippen LogP contribution is 2.26. The van der Waals surface area contributed by atoms with Gasteiger partial charge in [0.15, 0.2) is 0 Å². The van der Waals surface area contributed by atoms with E-state index in [1.807, 2.05) is 0 Å². The van der Waals surface area contributed by atoms with Gasteiger partial charge in [0.25, 0.3) is 0 Å². The minimum absolute atomic E-state index is 0.0664. The summed E-state index contributed by atoms with van der Waals surface area (Å²) in [5, 5.41) is 7.39. The molecule has 0 fully saturated rings. The maximum absolute atomic E-state index is 12.1. The van der Waals surface area contributed by atoms with Crippen LogP contribution in [0.4, 0.5) is 13.2 Å². The number of aryl methyl sites for hydroxylation is 1. The first kappa shape index (κ1) is 12.7. The number of hydrogen-bond acceptors (Lipinski definition) is 3. The van der Waals surface area contributed by atoms with E-state index in [0.29, 0.717) is 11.5 Å². The summed E-state index contributed by atoms with van der Waals surface area (Å²) in [5.41, 5.74) is 0.393. The van der Waals surface area contributed by atoms with E-state index in [9.17, 15) is 13.2 Å². The summed E-state index contributed by atoms with van der Waals surface area (Å²) in [6.07, 6.45) is -4.73. The molecule has 1 aromatic carbocycles. The van der Waals surface area contributed by atoms with Crippen molar-refractivity contribution in [1.29, 1.82) is 0 Å². The van der Waals surface area contributed by atoms with E-state index in [2.05, 4.69) is 14.9 Å². The summed E-state index contributed by atoms with van der Waals surface area (Å²) in [6.45, 7) is 1.64. The molecule has 0 aliphatic rings. The van der Waals surface area contributed by atoms with Gasteiger partial charge in [0, 0.05) is 6.07 Å². The van der Waals surface area contributed by atoms with Gasteiger partial charge in [0.05, 0.1) is 5.69 Å². The fourth-order valence-electron chi connectivity index (χ4n) is 1.45.